The molecule has 2 atom stereocenters. The van der Waals surface area contributed by atoms with E-state index < -0.39 is 42.4 Å². The summed E-state index contributed by atoms with van der Waals surface area (Å²) in [5, 5.41) is 0. The standard InChI is InChI=1S/C30H27F5N4O4/c31-29(32)10-8-21-25(36-27(37-26(21)29)38-11-9-24(38)30(33,34)35)18-6-7-20-22(16-42-23(20)12-18)39(19-14-41-15-19)28(40)43-13-17-4-2-1-3-5-17/h1-7,12,19,22,24H,8-11,13-16H2/t22-,24+/m0/s1. The van der Waals surface area contributed by atoms with Crippen LogP contribution in [-0.4, -0.2) is 65.6 Å². The highest BCUT2D eigenvalue weighted by Gasteiger charge is 2.51. The molecule has 0 spiro atoms. The van der Waals surface area contributed by atoms with E-state index in [2.05, 4.69) is 9.97 Å². The minimum Gasteiger partial charge on any atom is -0.491 e. The van der Waals surface area contributed by atoms with Crippen LogP contribution in [0.4, 0.5) is 32.7 Å². The predicted octanol–water partition coefficient (Wildman–Crippen LogP) is 5.79. The molecule has 43 heavy (non-hydrogen) atoms. The van der Waals surface area contributed by atoms with Crippen molar-refractivity contribution in [2.75, 3.05) is 31.3 Å². The van der Waals surface area contributed by atoms with Gasteiger partial charge in [-0.3, -0.25) is 4.90 Å². The maximum atomic E-state index is 14.8. The Morgan fingerprint density at radius 2 is 1.88 bits per heavy atom. The lowest BCUT2D eigenvalue weighted by atomic mass is 9.99. The van der Waals surface area contributed by atoms with Crippen LogP contribution in [0.2, 0.25) is 0 Å². The lowest BCUT2D eigenvalue weighted by Crippen LogP contribution is -2.56. The van der Waals surface area contributed by atoms with Gasteiger partial charge in [-0.2, -0.15) is 22.0 Å². The fourth-order valence-electron chi connectivity index (χ4n) is 6.03. The van der Waals surface area contributed by atoms with Gasteiger partial charge in [0.25, 0.3) is 5.92 Å². The molecule has 0 saturated carbocycles. The van der Waals surface area contributed by atoms with Gasteiger partial charge in [0.15, 0.2) is 0 Å². The molecule has 2 aromatic carbocycles. The Morgan fingerprint density at radius 3 is 2.56 bits per heavy atom. The number of halogens is 5. The van der Waals surface area contributed by atoms with Gasteiger partial charge >= 0.3 is 12.3 Å². The van der Waals surface area contributed by atoms with Gasteiger partial charge in [0.05, 0.1) is 31.0 Å². The minimum absolute atomic E-state index is 0.00999. The molecule has 3 aliphatic heterocycles. The summed E-state index contributed by atoms with van der Waals surface area (Å²) in [4.78, 5) is 24.2. The number of carbonyl (C=O) groups is 1. The van der Waals surface area contributed by atoms with Crippen molar-refractivity contribution in [2.24, 2.45) is 0 Å². The first-order chi connectivity index (χ1) is 20.6. The van der Waals surface area contributed by atoms with Crippen LogP contribution in [0.25, 0.3) is 11.3 Å². The van der Waals surface area contributed by atoms with Crippen molar-refractivity contribution in [1.29, 1.82) is 0 Å². The molecule has 1 aliphatic carbocycles. The second-order valence-corrected chi connectivity index (χ2v) is 11.2. The van der Waals surface area contributed by atoms with Crippen molar-refractivity contribution in [3.63, 3.8) is 0 Å². The van der Waals surface area contributed by atoms with Crippen LogP contribution in [0.5, 0.6) is 5.75 Å². The van der Waals surface area contributed by atoms with Crippen molar-refractivity contribution in [1.82, 2.24) is 14.9 Å². The summed E-state index contributed by atoms with van der Waals surface area (Å²) in [6, 6.07) is 11.8. The Kier molecular flexibility index (Phi) is 6.67. The van der Waals surface area contributed by atoms with Crippen LogP contribution < -0.4 is 9.64 Å². The number of ether oxygens (including phenoxy) is 3. The Labute approximate surface area is 243 Å². The predicted molar refractivity (Wildman–Crippen MR) is 143 cm³/mol. The lowest BCUT2D eigenvalue weighted by molar-refractivity contribution is -0.160. The summed E-state index contributed by atoms with van der Waals surface area (Å²) in [6.07, 6.45) is -5.70. The number of anilines is 1. The highest BCUT2D eigenvalue weighted by molar-refractivity contribution is 5.72. The molecular weight excluding hydrogens is 575 g/mol. The number of amides is 1. The van der Waals surface area contributed by atoms with Crippen molar-refractivity contribution >= 4 is 12.0 Å². The molecule has 1 aromatic heterocycles. The molecule has 0 N–H and O–H groups in total. The molecule has 4 aliphatic rings. The van der Waals surface area contributed by atoms with Crippen molar-refractivity contribution in [3.8, 4) is 17.0 Å². The SMILES string of the molecule is O=C(OCc1ccccc1)N(C1COC1)[C@H]1COc2cc(-c3nc(N4CC[C@@H]4C(F)(F)F)nc4c3CCC4(F)F)ccc21. The Balaban J connectivity index is 1.19. The number of alkyl halides is 5. The molecule has 1 amide bonds. The molecule has 0 unspecified atom stereocenters. The molecular formula is C30H27F5N4O4. The summed E-state index contributed by atoms with van der Waals surface area (Å²) in [5.74, 6) is -3.20. The van der Waals surface area contributed by atoms with E-state index >= 15 is 0 Å². The third-order valence-corrected chi connectivity index (χ3v) is 8.49. The van der Waals surface area contributed by atoms with Gasteiger partial charge in [-0.25, -0.2) is 14.8 Å². The summed E-state index contributed by atoms with van der Waals surface area (Å²) in [6.45, 7) is 0.959. The molecule has 0 radical (unpaired) electrons. The van der Waals surface area contributed by atoms with Gasteiger partial charge in [0, 0.05) is 29.7 Å². The highest BCUT2D eigenvalue weighted by Crippen LogP contribution is 2.47. The fourth-order valence-corrected chi connectivity index (χ4v) is 6.03. The molecule has 2 saturated heterocycles. The maximum Gasteiger partial charge on any atom is 0.411 e. The summed E-state index contributed by atoms with van der Waals surface area (Å²) in [5.41, 5.74) is 1.80. The average molecular weight is 603 g/mol. The molecule has 7 rings (SSSR count). The Bertz CT molecular complexity index is 1550. The molecule has 4 heterocycles. The van der Waals surface area contributed by atoms with Gasteiger partial charge in [-0.05, 0) is 24.5 Å². The Morgan fingerprint density at radius 1 is 1.09 bits per heavy atom. The zero-order chi connectivity index (χ0) is 29.9. The smallest absolute Gasteiger partial charge is 0.411 e. The van der Waals surface area contributed by atoms with Crippen LogP contribution in [0.3, 0.4) is 0 Å². The van der Waals surface area contributed by atoms with Gasteiger partial charge in [0.2, 0.25) is 5.95 Å². The van der Waals surface area contributed by atoms with Crippen LogP contribution in [0.15, 0.2) is 48.5 Å². The van der Waals surface area contributed by atoms with Gasteiger partial charge in [-0.15, -0.1) is 0 Å². The normalized spacial score (nSPS) is 22.2. The highest BCUT2D eigenvalue weighted by atomic mass is 19.4. The van der Waals surface area contributed by atoms with Crippen LogP contribution in [0, 0.1) is 0 Å². The first-order valence-electron chi connectivity index (χ1n) is 14.1. The second kappa shape index (κ2) is 10.3. The number of hydrogen-bond acceptors (Lipinski definition) is 7. The molecule has 13 heteroatoms. The van der Waals surface area contributed by atoms with Gasteiger partial charge < -0.3 is 19.1 Å². The largest absolute Gasteiger partial charge is 0.491 e. The number of hydrogen-bond donors (Lipinski definition) is 0. The third-order valence-electron chi connectivity index (χ3n) is 8.49. The number of benzene rings is 2. The average Bonchev–Trinajstić information content (AvgIpc) is 3.47. The summed E-state index contributed by atoms with van der Waals surface area (Å²) in [7, 11) is 0. The van der Waals surface area contributed by atoms with E-state index in [1.807, 2.05) is 30.3 Å². The number of aromatic nitrogens is 2. The van der Waals surface area contributed by atoms with Crippen molar-refractivity contribution in [2.45, 2.75) is 56.1 Å². The van der Waals surface area contributed by atoms with E-state index in [0.29, 0.717) is 30.1 Å². The number of rotatable bonds is 6. The zero-order valence-electron chi connectivity index (χ0n) is 22.8. The monoisotopic (exact) mass is 602 g/mol. The quantitative estimate of drug-likeness (QED) is 0.331. The van der Waals surface area contributed by atoms with Crippen molar-refractivity contribution in [3.05, 3.63) is 70.9 Å². The molecule has 0 bridgehead atoms. The minimum atomic E-state index is -4.53. The van der Waals surface area contributed by atoms with E-state index in [4.69, 9.17) is 14.2 Å². The first-order valence-corrected chi connectivity index (χ1v) is 14.1. The van der Waals surface area contributed by atoms with E-state index in [1.165, 1.54) is 0 Å². The molecule has 8 nitrogen and oxygen atoms in total. The van der Waals surface area contributed by atoms with Crippen LogP contribution in [0.1, 0.15) is 41.3 Å². The topological polar surface area (TPSA) is 77.0 Å². The van der Waals surface area contributed by atoms with E-state index in [-0.39, 0.29) is 55.8 Å². The van der Waals surface area contributed by atoms with Crippen molar-refractivity contribution < 1.29 is 41.0 Å². The first kappa shape index (κ1) is 27.8. The fraction of sp³-hybridized carbons (Fsp3) is 0.433. The lowest BCUT2D eigenvalue weighted by Gasteiger charge is -2.42. The third kappa shape index (κ3) is 4.92. The van der Waals surface area contributed by atoms with Gasteiger partial charge in [-0.1, -0.05) is 42.5 Å². The summed E-state index contributed by atoms with van der Waals surface area (Å²) >= 11 is 0. The zero-order valence-corrected chi connectivity index (χ0v) is 22.8. The molecule has 2 fully saturated rings. The second-order valence-electron chi connectivity index (χ2n) is 11.2. The molecule has 3 aromatic rings. The summed E-state index contributed by atoms with van der Waals surface area (Å²) < 4.78 is 87.1. The van der Waals surface area contributed by atoms with Crippen LogP contribution >= 0.6 is 0 Å². The Hall–Kier alpha value is -4.00. The van der Waals surface area contributed by atoms with E-state index in [9.17, 15) is 26.7 Å². The number of carbonyl (C=O) groups excluding carboxylic acids is 1. The number of nitrogens with zero attached hydrogens (tertiary/aromatic N) is 4. The van der Waals surface area contributed by atoms with Gasteiger partial charge in [0.1, 0.15) is 30.7 Å². The van der Waals surface area contributed by atoms with E-state index in [1.54, 1.807) is 23.1 Å². The maximum absolute atomic E-state index is 14.8. The molecule has 226 valence electrons. The van der Waals surface area contributed by atoms with Crippen LogP contribution in [-0.2, 0) is 28.4 Å². The number of fused-ring (bicyclic) bond motifs is 2. The van der Waals surface area contributed by atoms with E-state index in [0.717, 1.165) is 10.5 Å².